The summed E-state index contributed by atoms with van der Waals surface area (Å²) in [5.74, 6) is -0.419. The molecular weight excluding hydrogens is 298 g/mol. The summed E-state index contributed by atoms with van der Waals surface area (Å²) < 4.78 is 7.67. The van der Waals surface area contributed by atoms with E-state index >= 15 is 0 Å². The third kappa shape index (κ3) is 3.69. The zero-order valence-corrected chi connectivity index (χ0v) is 12.8. The number of imidazole rings is 1. The van der Waals surface area contributed by atoms with Gasteiger partial charge in [-0.05, 0) is 24.3 Å². The third-order valence-corrected chi connectivity index (χ3v) is 3.85. The number of aliphatic hydroxyl groups is 1. The van der Waals surface area contributed by atoms with Crippen LogP contribution in [0.4, 0.5) is 0 Å². The first-order valence-electron chi connectivity index (χ1n) is 7.38. The van der Waals surface area contributed by atoms with Crippen LogP contribution in [0.15, 0.2) is 36.8 Å². The monoisotopic (exact) mass is 317 g/mol. The first kappa shape index (κ1) is 15.5. The van der Waals surface area contributed by atoms with E-state index in [9.17, 15) is 9.90 Å². The maximum atomic E-state index is 10.8. The normalized spacial score (nSPS) is 21.5. The zero-order valence-electron chi connectivity index (χ0n) is 12.8. The van der Waals surface area contributed by atoms with Gasteiger partial charge in [-0.3, -0.25) is 4.90 Å². The Hall–Kier alpha value is -2.38. The van der Waals surface area contributed by atoms with Crippen LogP contribution in [0.3, 0.4) is 0 Å². The average molecular weight is 317 g/mol. The number of rotatable bonds is 5. The lowest BCUT2D eigenvalue weighted by Gasteiger charge is -2.17. The van der Waals surface area contributed by atoms with Crippen LogP contribution in [0.25, 0.3) is 0 Å². The van der Waals surface area contributed by atoms with Gasteiger partial charge in [-0.25, -0.2) is 9.78 Å². The fraction of sp³-hybridized carbons (Fsp3) is 0.375. The Bertz CT molecular complexity index is 683. The molecule has 1 aliphatic rings. The van der Waals surface area contributed by atoms with Gasteiger partial charge in [0.1, 0.15) is 18.0 Å². The highest BCUT2D eigenvalue weighted by atomic mass is 16.5. The van der Waals surface area contributed by atoms with Crippen molar-refractivity contribution in [3.05, 3.63) is 48.0 Å². The van der Waals surface area contributed by atoms with Crippen LogP contribution in [0, 0.1) is 0 Å². The van der Waals surface area contributed by atoms with E-state index in [4.69, 9.17) is 9.84 Å². The molecule has 1 aromatic carbocycles. The molecular formula is C16H19N3O4. The molecule has 1 aromatic heterocycles. The minimum absolute atomic E-state index is 0.209. The number of β-amino-alcohol motifs (C(OH)–C–C–N with tert-alkyl or cyclic N) is 1. The predicted octanol–water partition coefficient (Wildman–Crippen LogP) is 0.742. The van der Waals surface area contributed by atoms with Crippen molar-refractivity contribution in [1.82, 2.24) is 14.5 Å². The molecule has 0 spiro atoms. The molecule has 2 aromatic rings. The summed E-state index contributed by atoms with van der Waals surface area (Å²) in [6, 6.07) is 6.20. The van der Waals surface area contributed by atoms with Crippen molar-refractivity contribution < 1.29 is 19.7 Å². The number of likely N-dealkylation sites (tertiary alicyclic amines) is 1. The number of carbonyl (C=O) groups is 1. The van der Waals surface area contributed by atoms with E-state index in [0.717, 1.165) is 5.69 Å². The Balaban J connectivity index is 1.59. The summed E-state index contributed by atoms with van der Waals surface area (Å²) >= 11 is 0. The van der Waals surface area contributed by atoms with Gasteiger partial charge in [-0.2, -0.15) is 0 Å². The van der Waals surface area contributed by atoms with E-state index in [0.29, 0.717) is 25.4 Å². The van der Waals surface area contributed by atoms with E-state index in [2.05, 4.69) is 9.88 Å². The van der Waals surface area contributed by atoms with Crippen LogP contribution in [-0.4, -0.2) is 55.9 Å². The molecule has 122 valence electrons. The number of carboxylic acids is 1. The smallest absolute Gasteiger partial charge is 0.335 e. The SMILES string of the molecule is Cn1cnc(CN2C[C@@H](O)[C@H](Oc3ccc(C(=O)O)cc3)C2)c1. The first-order chi connectivity index (χ1) is 11.0. The van der Waals surface area contributed by atoms with E-state index in [1.54, 1.807) is 18.5 Å². The second kappa shape index (κ2) is 6.39. The van der Waals surface area contributed by atoms with Gasteiger partial charge in [0.25, 0.3) is 0 Å². The van der Waals surface area contributed by atoms with Crippen LogP contribution in [0.2, 0.25) is 0 Å². The number of hydrogen-bond donors (Lipinski definition) is 2. The minimum atomic E-state index is -0.973. The van der Waals surface area contributed by atoms with Gasteiger partial charge < -0.3 is 19.5 Å². The lowest BCUT2D eigenvalue weighted by atomic mass is 10.2. The summed E-state index contributed by atoms with van der Waals surface area (Å²) in [4.78, 5) is 17.2. The summed E-state index contributed by atoms with van der Waals surface area (Å²) in [7, 11) is 1.92. The van der Waals surface area contributed by atoms with Gasteiger partial charge in [0.15, 0.2) is 0 Å². The molecule has 0 amide bonds. The molecule has 23 heavy (non-hydrogen) atoms. The Labute approximate surface area is 133 Å². The number of hydrogen-bond acceptors (Lipinski definition) is 5. The van der Waals surface area contributed by atoms with E-state index in [1.807, 2.05) is 17.8 Å². The van der Waals surface area contributed by atoms with E-state index in [-0.39, 0.29) is 11.7 Å². The average Bonchev–Trinajstić information content (AvgIpc) is 3.06. The lowest BCUT2D eigenvalue weighted by molar-refractivity contribution is 0.0693. The molecule has 3 rings (SSSR count). The van der Waals surface area contributed by atoms with Crippen LogP contribution < -0.4 is 4.74 Å². The number of aliphatic hydroxyl groups excluding tert-OH is 1. The molecule has 0 aliphatic carbocycles. The van der Waals surface area contributed by atoms with Crippen molar-refractivity contribution in [1.29, 1.82) is 0 Å². The predicted molar refractivity (Wildman–Crippen MR) is 82.3 cm³/mol. The van der Waals surface area contributed by atoms with Crippen molar-refractivity contribution in [3.8, 4) is 5.75 Å². The number of aromatic nitrogens is 2. The first-order valence-corrected chi connectivity index (χ1v) is 7.38. The van der Waals surface area contributed by atoms with Crippen LogP contribution in [0.1, 0.15) is 16.1 Å². The molecule has 2 heterocycles. The molecule has 0 saturated carbocycles. The number of aromatic carboxylic acids is 1. The molecule has 1 fully saturated rings. The fourth-order valence-electron chi connectivity index (χ4n) is 2.71. The molecule has 0 radical (unpaired) electrons. The summed E-state index contributed by atoms with van der Waals surface area (Å²) in [6.45, 7) is 1.78. The van der Waals surface area contributed by atoms with Crippen LogP contribution in [0.5, 0.6) is 5.75 Å². The maximum absolute atomic E-state index is 10.8. The maximum Gasteiger partial charge on any atom is 0.335 e. The highest BCUT2D eigenvalue weighted by Gasteiger charge is 2.33. The van der Waals surface area contributed by atoms with Crippen LogP contribution >= 0.6 is 0 Å². The molecule has 1 saturated heterocycles. The third-order valence-electron chi connectivity index (χ3n) is 3.85. The molecule has 1 aliphatic heterocycles. The number of benzene rings is 1. The minimum Gasteiger partial charge on any atom is -0.486 e. The second-order valence-electron chi connectivity index (χ2n) is 5.78. The van der Waals surface area contributed by atoms with Gasteiger partial charge >= 0.3 is 5.97 Å². The zero-order chi connectivity index (χ0) is 16.4. The largest absolute Gasteiger partial charge is 0.486 e. The standard InChI is InChI=1S/C16H19N3O4/c1-18-6-12(17-10-18)7-19-8-14(20)15(9-19)23-13-4-2-11(3-5-13)16(21)22/h2-6,10,14-15,20H,7-9H2,1H3,(H,21,22)/t14-,15-/m1/s1. The summed E-state index contributed by atoms with van der Waals surface area (Å²) in [6.07, 6.45) is 2.78. The molecule has 0 unspecified atom stereocenters. The van der Waals surface area contributed by atoms with Gasteiger partial charge in [0.2, 0.25) is 0 Å². The lowest BCUT2D eigenvalue weighted by Crippen LogP contribution is -2.29. The molecule has 7 heteroatoms. The number of ether oxygens (including phenoxy) is 1. The number of nitrogens with zero attached hydrogens (tertiary/aromatic N) is 3. The van der Waals surface area contributed by atoms with Crippen molar-refractivity contribution >= 4 is 5.97 Å². The molecule has 2 atom stereocenters. The topological polar surface area (TPSA) is 87.8 Å². The van der Waals surface area contributed by atoms with Crippen molar-refractivity contribution in [2.45, 2.75) is 18.8 Å². The fourth-order valence-corrected chi connectivity index (χ4v) is 2.71. The van der Waals surface area contributed by atoms with Gasteiger partial charge in [0, 0.05) is 32.9 Å². The molecule has 0 bridgehead atoms. The van der Waals surface area contributed by atoms with Crippen molar-refractivity contribution in [2.24, 2.45) is 7.05 Å². The molecule has 2 N–H and O–H groups in total. The Kier molecular flexibility index (Phi) is 4.31. The van der Waals surface area contributed by atoms with Crippen molar-refractivity contribution in [3.63, 3.8) is 0 Å². The second-order valence-corrected chi connectivity index (χ2v) is 5.78. The summed E-state index contributed by atoms with van der Waals surface area (Å²) in [5, 5.41) is 19.0. The van der Waals surface area contributed by atoms with Crippen molar-refractivity contribution in [2.75, 3.05) is 13.1 Å². The Morgan fingerprint density at radius 3 is 2.70 bits per heavy atom. The van der Waals surface area contributed by atoms with E-state index in [1.165, 1.54) is 12.1 Å². The highest BCUT2D eigenvalue weighted by Crippen LogP contribution is 2.20. The quantitative estimate of drug-likeness (QED) is 0.846. The van der Waals surface area contributed by atoms with Gasteiger partial charge in [-0.15, -0.1) is 0 Å². The molecule has 7 nitrogen and oxygen atoms in total. The summed E-state index contributed by atoms with van der Waals surface area (Å²) in [5.41, 5.74) is 1.16. The van der Waals surface area contributed by atoms with Gasteiger partial charge in [-0.1, -0.05) is 0 Å². The Morgan fingerprint density at radius 1 is 1.35 bits per heavy atom. The number of aryl methyl sites for hydroxylation is 1. The highest BCUT2D eigenvalue weighted by molar-refractivity contribution is 5.87. The number of carboxylic acid groups (broad SMARTS) is 1. The van der Waals surface area contributed by atoms with E-state index < -0.39 is 12.1 Å². The van der Waals surface area contributed by atoms with Gasteiger partial charge in [0.05, 0.1) is 17.6 Å². The Morgan fingerprint density at radius 2 is 2.09 bits per heavy atom. The van der Waals surface area contributed by atoms with Crippen LogP contribution in [-0.2, 0) is 13.6 Å².